The highest BCUT2D eigenvalue weighted by Gasteiger charge is 2.41. The fourth-order valence-corrected chi connectivity index (χ4v) is 2.81. The van der Waals surface area contributed by atoms with Gasteiger partial charge in [-0.3, -0.25) is 4.79 Å². The van der Waals surface area contributed by atoms with E-state index < -0.39 is 11.6 Å². The molecule has 2 heterocycles. The van der Waals surface area contributed by atoms with E-state index in [2.05, 4.69) is 0 Å². The van der Waals surface area contributed by atoms with Crippen molar-refractivity contribution < 1.29 is 19.1 Å². The standard InChI is InChI=1S/C14H25N3O4/c1-14(2)10-16(13(19)15(3)4)5-6-17(14)12(18)11-9-20-7-8-21-11/h11H,5-10H2,1-4H3. The summed E-state index contributed by atoms with van der Waals surface area (Å²) in [4.78, 5) is 29.8. The smallest absolute Gasteiger partial charge is 0.319 e. The monoisotopic (exact) mass is 299 g/mol. The lowest BCUT2D eigenvalue weighted by molar-refractivity contribution is -0.165. The van der Waals surface area contributed by atoms with Crippen LogP contribution < -0.4 is 0 Å². The Hall–Kier alpha value is -1.34. The van der Waals surface area contributed by atoms with Crippen LogP contribution in [0.1, 0.15) is 13.8 Å². The molecule has 0 N–H and O–H groups in total. The van der Waals surface area contributed by atoms with Crippen molar-refractivity contribution in [1.82, 2.24) is 14.7 Å². The molecule has 0 bridgehead atoms. The van der Waals surface area contributed by atoms with Crippen molar-refractivity contribution in [3.8, 4) is 0 Å². The van der Waals surface area contributed by atoms with E-state index in [-0.39, 0.29) is 11.9 Å². The third-order valence-electron chi connectivity index (χ3n) is 3.91. The number of nitrogens with zero attached hydrogens (tertiary/aromatic N) is 3. The predicted molar refractivity (Wildman–Crippen MR) is 77.0 cm³/mol. The number of urea groups is 1. The van der Waals surface area contributed by atoms with E-state index in [1.165, 1.54) is 0 Å². The maximum Gasteiger partial charge on any atom is 0.319 e. The Morgan fingerprint density at radius 3 is 2.43 bits per heavy atom. The zero-order chi connectivity index (χ0) is 15.6. The molecule has 0 saturated carbocycles. The van der Waals surface area contributed by atoms with Crippen LogP contribution in [0.15, 0.2) is 0 Å². The van der Waals surface area contributed by atoms with E-state index in [1.54, 1.807) is 23.9 Å². The maximum absolute atomic E-state index is 12.6. The van der Waals surface area contributed by atoms with Gasteiger partial charge in [-0.25, -0.2) is 4.79 Å². The van der Waals surface area contributed by atoms with E-state index in [1.807, 2.05) is 18.7 Å². The predicted octanol–water partition coefficient (Wildman–Crippen LogP) is 0.00620. The molecular weight excluding hydrogens is 274 g/mol. The number of ether oxygens (including phenoxy) is 2. The number of carbonyl (C=O) groups excluding carboxylic acids is 2. The molecule has 2 saturated heterocycles. The average Bonchev–Trinajstić information content (AvgIpc) is 2.45. The third-order valence-corrected chi connectivity index (χ3v) is 3.91. The second kappa shape index (κ2) is 6.19. The molecule has 1 unspecified atom stereocenters. The second-order valence-electron chi connectivity index (χ2n) is 6.34. The molecule has 0 aliphatic carbocycles. The summed E-state index contributed by atoms with van der Waals surface area (Å²) in [5.41, 5.74) is -0.415. The van der Waals surface area contributed by atoms with Gasteiger partial charge in [-0.1, -0.05) is 0 Å². The summed E-state index contributed by atoms with van der Waals surface area (Å²) < 4.78 is 10.8. The summed E-state index contributed by atoms with van der Waals surface area (Å²) in [5.74, 6) is -0.0448. The lowest BCUT2D eigenvalue weighted by Gasteiger charge is -2.48. The molecule has 0 aromatic rings. The summed E-state index contributed by atoms with van der Waals surface area (Å²) in [5, 5.41) is 0. The van der Waals surface area contributed by atoms with Crippen molar-refractivity contribution in [2.75, 3.05) is 53.6 Å². The quantitative estimate of drug-likeness (QED) is 0.684. The van der Waals surface area contributed by atoms with Gasteiger partial charge in [0.25, 0.3) is 5.91 Å². The highest BCUT2D eigenvalue weighted by Crippen LogP contribution is 2.23. The Labute approximate surface area is 125 Å². The van der Waals surface area contributed by atoms with Gasteiger partial charge >= 0.3 is 6.03 Å². The number of carbonyl (C=O) groups is 2. The average molecular weight is 299 g/mol. The summed E-state index contributed by atoms with van der Waals surface area (Å²) in [6.07, 6.45) is -0.519. The number of rotatable bonds is 1. The molecule has 0 aromatic carbocycles. The van der Waals surface area contributed by atoms with Gasteiger partial charge in [-0.15, -0.1) is 0 Å². The second-order valence-corrected chi connectivity index (χ2v) is 6.34. The van der Waals surface area contributed by atoms with Gasteiger partial charge in [0.15, 0.2) is 6.10 Å². The summed E-state index contributed by atoms with van der Waals surface area (Å²) >= 11 is 0. The maximum atomic E-state index is 12.6. The van der Waals surface area contributed by atoms with Crippen LogP contribution in [0.3, 0.4) is 0 Å². The molecule has 2 rings (SSSR count). The Balaban J connectivity index is 2.02. The molecule has 0 spiro atoms. The van der Waals surface area contributed by atoms with Gasteiger partial charge in [0.2, 0.25) is 0 Å². The molecule has 7 heteroatoms. The van der Waals surface area contributed by atoms with Crippen molar-refractivity contribution in [2.24, 2.45) is 0 Å². The molecule has 2 aliphatic rings. The van der Waals surface area contributed by atoms with E-state index in [9.17, 15) is 9.59 Å². The number of amides is 3. The molecule has 7 nitrogen and oxygen atoms in total. The first kappa shape index (κ1) is 16.0. The first-order valence-corrected chi connectivity index (χ1v) is 7.30. The minimum absolute atomic E-state index is 0.0209. The lowest BCUT2D eigenvalue weighted by atomic mass is 9.98. The van der Waals surface area contributed by atoms with Gasteiger partial charge < -0.3 is 24.2 Å². The van der Waals surface area contributed by atoms with Gasteiger partial charge in [-0.2, -0.15) is 0 Å². The highest BCUT2D eigenvalue weighted by molar-refractivity contribution is 5.82. The molecule has 1 atom stereocenters. The van der Waals surface area contributed by atoms with Crippen molar-refractivity contribution in [1.29, 1.82) is 0 Å². The van der Waals surface area contributed by atoms with Crippen LogP contribution >= 0.6 is 0 Å². The fraction of sp³-hybridized carbons (Fsp3) is 0.857. The summed E-state index contributed by atoms with van der Waals surface area (Å²) in [6, 6.07) is -0.0209. The van der Waals surface area contributed by atoms with Crippen molar-refractivity contribution in [3.05, 3.63) is 0 Å². The molecule has 3 amide bonds. The molecule has 2 aliphatic heterocycles. The van der Waals surface area contributed by atoms with Crippen molar-refractivity contribution in [3.63, 3.8) is 0 Å². The first-order chi connectivity index (χ1) is 9.83. The minimum atomic E-state index is -0.519. The lowest BCUT2D eigenvalue weighted by Crippen LogP contribution is -2.65. The molecule has 2 fully saturated rings. The zero-order valence-electron chi connectivity index (χ0n) is 13.3. The topological polar surface area (TPSA) is 62.3 Å². The van der Waals surface area contributed by atoms with Gasteiger partial charge in [-0.05, 0) is 13.8 Å². The molecule has 0 radical (unpaired) electrons. The van der Waals surface area contributed by atoms with Gasteiger partial charge in [0, 0.05) is 33.7 Å². The zero-order valence-corrected chi connectivity index (χ0v) is 13.3. The number of hydrogen-bond donors (Lipinski definition) is 0. The van der Waals surface area contributed by atoms with Gasteiger partial charge in [0.1, 0.15) is 0 Å². The Morgan fingerprint density at radius 2 is 1.90 bits per heavy atom. The number of hydrogen-bond acceptors (Lipinski definition) is 4. The third kappa shape index (κ3) is 3.47. The van der Waals surface area contributed by atoms with E-state index in [0.29, 0.717) is 39.5 Å². The molecule has 0 aromatic heterocycles. The summed E-state index contributed by atoms with van der Waals surface area (Å²) in [6.45, 7) is 6.84. The Morgan fingerprint density at radius 1 is 1.19 bits per heavy atom. The number of piperazine rings is 1. The van der Waals surface area contributed by atoms with Crippen LogP contribution in [0.2, 0.25) is 0 Å². The van der Waals surface area contributed by atoms with Crippen LogP contribution in [-0.2, 0) is 14.3 Å². The summed E-state index contributed by atoms with van der Waals surface area (Å²) in [7, 11) is 3.47. The van der Waals surface area contributed by atoms with Crippen molar-refractivity contribution >= 4 is 11.9 Å². The highest BCUT2D eigenvalue weighted by atomic mass is 16.6. The molecule has 120 valence electrons. The Bertz CT molecular complexity index is 405. The van der Waals surface area contributed by atoms with Gasteiger partial charge in [0.05, 0.1) is 25.4 Å². The largest absolute Gasteiger partial charge is 0.376 e. The normalized spacial score (nSPS) is 25.6. The van der Waals surface area contributed by atoms with Crippen molar-refractivity contribution in [2.45, 2.75) is 25.5 Å². The SMILES string of the molecule is CN(C)C(=O)N1CCN(C(=O)C2COCCO2)C(C)(C)C1. The molecular formula is C14H25N3O4. The van der Waals surface area contributed by atoms with Crippen LogP contribution in [0.4, 0.5) is 4.79 Å². The van der Waals surface area contributed by atoms with E-state index >= 15 is 0 Å². The van der Waals surface area contributed by atoms with E-state index in [0.717, 1.165) is 0 Å². The van der Waals surface area contributed by atoms with Crippen LogP contribution in [-0.4, -0.2) is 91.8 Å². The van der Waals surface area contributed by atoms with Crippen LogP contribution in [0, 0.1) is 0 Å². The van der Waals surface area contributed by atoms with Crippen LogP contribution in [0.25, 0.3) is 0 Å². The fourth-order valence-electron chi connectivity index (χ4n) is 2.81. The Kier molecular flexibility index (Phi) is 4.73. The van der Waals surface area contributed by atoms with E-state index in [4.69, 9.17) is 9.47 Å². The molecule has 21 heavy (non-hydrogen) atoms. The first-order valence-electron chi connectivity index (χ1n) is 7.30. The van der Waals surface area contributed by atoms with Crippen LogP contribution in [0.5, 0.6) is 0 Å². The minimum Gasteiger partial charge on any atom is -0.376 e.